The van der Waals surface area contributed by atoms with Gasteiger partial charge < -0.3 is 19.5 Å². The summed E-state index contributed by atoms with van der Waals surface area (Å²) in [5.41, 5.74) is 0.669. The average Bonchev–Trinajstić information content (AvgIpc) is 3.28. The Morgan fingerprint density at radius 2 is 1.78 bits per heavy atom. The maximum Gasteiger partial charge on any atom is 0.270 e. The molecular weight excluding hydrogens is 344 g/mol. The molecule has 1 aromatic heterocycles. The Morgan fingerprint density at radius 1 is 1.00 bits per heavy atom. The molecule has 7 nitrogen and oxygen atoms in total. The summed E-state index contributed by atoms with van der Waals surface area (Å²) in [6, 6.07) is 4.18. The van der Waals surface area contributed by atoms with Crippen molar-refractivity contribution in [3.05, 3.63) is 24.0 Å². The number of hydrogen-bond acceptors (Lipinski definition) is 4. The first-order chi connectivity index (χ1) is 13.2. The monoisotopic (exact) mass is 374 g/mol. The van der Waals surface area contributed by atoms with Crippen molar-refractivity contribution in [2.24, 2.45) is 5.92 Å². The summed E-state index contributed by atoms with van der Waals surface area (Å²) in [5.74, 6) is 0.523. The number of H-pyrrole nitrogens is 1. The van der Waals surface area contributed by atoms with Crippen LogP contribution in [-0.4, -0.2) is 90.0 Å². The molecule has 3 saturated heterocycles. The van der Waals surface area contributed by atoms with Gasteiger partial charge in [-0.25, -0.2) is 0 Å². The fourth-order valence-corrected chi connectivity index (χ4v) is 4.65. The smallest absolute Gasteiger partial charge is 0.270 e. The molecule has 1 aromatic rings. The fraction of sp³-hybridized carbons (Fsp3) is 0.700. The number of amides is 2. The molecule has 0 bridgehead atoms. The van der Waals surface area contributed by atoms with Crippen LogP contribution in [0.25, 0.3) is 0 Å². The molecule has 3 aliphatic rings. The number of likely N-dealkylation sites (tertiary alicyclic amines) is 2. The number of carbonyl (C=O) groups is 2. The van der Waals surface area contributed by atoms with Gasteiger partial charge in [0, 0.05) is 45.0 Å². The summed E-state index contributed by atoms with van der Waals surface area (Å²) in [7, 11) is 0. The highest BCUT2D eigenvalue weighted by molar-refractivity contribution is 5.92. The van der Waals surface area contributed by atoms with Crippen molar-refractivity contribution in [1.82, 2.24) is 19.7 Å². The lowest BCUT2D eigenvalue weighted by molar-refractivity contribution is -0.141. The quantitative estimate of drug-likeness (QED) is 0.863. The molecule has 1 N–H and O–H groups in total. The third-order valence-corrected chi connectivity index (χ3v) is 6.22. The first kappa shape index (κ1) is 18.5. The minimum atomic E-state index is 0.0949. The predicted octanol–water partition coefficient (Wildman–Crippen LogP) is 1.19. The lowest BCUT2D eigenvalue weighted by Crippen LogP contribution is -2.53. The standard InChI is InChI=1S/C20H30N4O3/c25-19(23-11-13-27-14-12-23)16-3-2-8-24(15-16)17-5-9-22(10-6-17)20(26)18-4-1-7-21-18/h1,4,7,16-17,21H,2-3,5-6,8-15H2. The van der Waals surface area contributed by atoms with Gasteiger partial charge in [0.05, 0.1) is 19.1 Å². The van der Waals surface area contributed by atoms with Crippen LogP contribution in [0.1, 0.15) is 36.2 Å². The van der Waals surface area contributed by atoms with Crippen LogP contribution < -0.4 is 0 Å². The maximum atomic E-state index is 12.8. The summed E-state index contributed by atoms with van der Waals surface area (Å²) in [4.78, 5) is 34.8. The van der Waals surface area contributed by atoms with E-state index in [9.17, 15) is 9.59 Å². The first-order valence-corrected chi connectivity index (χ1v) is 10.3. The van der Waals surface area contributed by atoms with E-state index in [4.69, 9.17) is 4.74 Å². The summed E-state index contributed by atoms with van der Waals surface area (Å²) in [6.07, 6.45) is 5.86. The van der Waals surface area contributed by atoms with Crippen molar-refractivity contribution in [3.8, 4) is 0 Å². The normalized spacial score (nSPS) is 25.6. The molecule has 0 aromatic carbocycles. The van der Waals surface area contributed by atoms with Crippen LogP contribution in [0.4, 0.5) is 0 Å². The molecule has 27 heavy (non-hydrogen) atoms. The molecule has 2 amide bonds. The Hall–Kier alpha value is -1.86. The number of morpholine rings is 1. The molecule has 1 atom stereocenters. The van der Waals surface area contributed by atoms with E-state index in [1.54, 1.807) is 6.20 Å². The second kappa shape index (κ2) is 8.44. The van der Waals surface area contributed by atoms with Gasteiger partial charge in [0.15, 0.2) is 0 Å². The number of nitrogens with zero attached hydrogens (tertiary/aromatic N) is 3. The van der Waals surface area contributed by atoms with Gasteiger partial charge in [-0.1, -0.05) is 0 Å². The highest BCUT2D eigenvalue weighted by Gasteiger charge is 2.34. The van der Waals surface area contributed by atoms with Crippen molar-refractivity contribution < 1.29 is 14.3 Å². The number of carbonyl (C=O) groups excluding carboxylic acids is 2. The van der Waals surface area contributed by atoms with Crippen LogP contribution in [0.15, 0.2) is 18.3 Å². The topological polar surface area (TPSA) is 68.9 Å². The van der Waals surface area contributed by atoms with E-state index in [2.05, 4.69) is 9.88 Å². The van der Waals surface area contributed by atoms with Crippen molar-refractivity contribution >= 4 is 11.8 Å². The van der Waals surface area contributed by atoms with Crippen molar-refractivity contribution in [2.45, 2.75) is 31.7 Å². The van der Waals surface area contributed by atoms with E-state index in [1.165, 1.54) is 0 Å². The molecule has 4 rings (SSSR count). The molecular formula is C20H30N4O3. The van der Waals surface area contributed by atoms with E-state index in [0.717, 1.165) is 65.0 Å². The van der Waals surface area contributed by atoms with Gasteiger partial charge in [0.25, 0.3) is 5.91 Å². The van der Waals surface area contributed by atoms with Crippen molar-refractivity contribution in [2.75, 3.05) is 52.5 Å². The largest absolute Gasteiger partial charge is 0.378 e. The van der Waals surface area contributed by atoms with Gasteiger partial charge in [-0.2, -0.15) is 0 Å². The molecule has 148 valence electrons. The van der Waals surface area contributed by atoms with E-state index in [-0.39, 0.29) is 11.8 Å². The molecule has 3 fully saturated rings. The first-order valence-electron chi connectivity index (χ1n) is 10.3. The molecule has 0 spiro atoms. The molecule has 0 radical (unpaired) electrons. The Morgan fingerprint density at radius 3 is 2.48 bits per heavy atom. The van der Waals surface area contributed by atoms with E-state index >= 15 is 0 Å². The van der Waals surface area contributed by atoms with Crippen LogP contribution in [0.3, 0.4) is 0 Å². The maximum absolute atomic E-state index is 12.8. The number of hydrogen-bond donors (Lipinski definition) is 1. The van der Waals surface area contributed by atoms with Crippen molar-refractivity contribution in [1.29, 1.82) is 0 Å². The zero-order chi connectivity index (χ0) is 18.6. The van der Waals surface area contributed by atoms with E-state index in [1.807, 2.05) is 21.9 Å². The van der Waals surface area contributed by atoms with Crippen LogP contribution in [0.5, 0.6) is 0 Å². The second-order valence-electron chi connectivity index (χ2n) is 7.88. The molecule has 3 aliphatic heterocycles. The number of aromatic nitrogens is 1. The number of aromatic amines is 1. The van der Waals surface area contributed by atoms with Crippen LogP contribution >= 0.6 is 0 Å². The second-order valence-corrected chi connectivity index (χ2v) is 7.88. The Bertz CT molecular complexity index is 634. The number of rotatable bonds is 3. The molecule has 7 heteroatoms. The molecule has 1 unspecified atom stereocenters. The predicted molar refractivity (Wildman–Crippen MR) is 101 cm³/mol. The molecule has 4 heterocycles. The lowest BCUT2D eigenvalue weighted by atomic mass is 9.92. The van der Waals surface area contributed by atoms with E-state index in [0.29, 0.717) is 30.9 Å². The molecule has 0 aliphatic carbocycles. The average molecular weight is 374 g/mol. The summed E-state index contributed by atoms with van der Waals surface area (Å²) in [6.45, 7) is 6.31. The summed E-state index contributed by atoms with van der Waals surface area (Å²) < 4.78 is 5.37. The minimum Gasteiger partial charge on any atom is -0.378 e. The summed E-state index contributed by atoms with van der Waals surface area (Å²) in [5, 5.41) is 0. The number of piperidine rings is 2. The Labute approximate surface area is 160 Å². The third-order valence-electron chi connectivity index (χ3n) is 6.22. The van der Waals surface area contributed by atoms with Crippen LogP contribution in [-0.2, 0) is 9.53 Å². The Balaban J connectivity index is 1.29. The third kappa shape index (κ3) is 4.19. The van der Waals surface area contributed by atoms with Crippen molar-refractivity contribution in [3.63, 3.8) is 0 Å². The van der Waals surface area contributed by atoms with E-state index < -0.39 is 0 Å². The minimum absolute atomic E-state index is 0.0949. The van der Waals surface area contributed by atoms with Gasteiger partial charge >= 0.3 is 0 Å². The lowest BCUT2D eigenvalue weighted by Gasteiger charge is -2.43. The zero-order valence-corrected chi connectivity index (χ0v) is 15.9. The van der Waals surface area contributed by atoms with Gasteiger partial charge in [-0.3, -0.25) is 14.5 Å². The van der Waals surface area contributed by atoms with Crippen LogP contribution in [0.2, 0.25) is 0 Å². The summed E-state index contributed by atoms with van der Waals surface area (Å²) >= 11 is 0. The van der Waals surface area contributed by atoms with Gasteiger partial charge in [-0.05, 0) is 44.4 Å². The van der Waals surface area contributed by atoms with Crippen LogP contribution in [0, 0.1) is 5.92 Å². The van der Waals surface area contributed by atoms with Gasteiger partial charge in [-0.15, -0.1) is 0 Å². The van der Waals surface area contributed by atoms with Gasteiger partial charge in [0.2, 0.25) is 5.91 Å². The Kier molecular flexibility index (Phi) is 5.78. The number of nitrogens with one attached hydrogen (secondary N) is 1. The fourth-order valence-electron chi connectivity index (χ4n) is 4.65. The molecule has 0 saturated carbocycles. The zero-order valence-electron chi connectivity index (χ0n) is 15.9. The highest BCUT2D eigenvalue weighted by Crippen LogP contribution is 2.26. The number of ether oxygens (including phenoxy) is 1. The highest BCUT2D eigenvalue weighted by atomic mass is 16.5. The van der Waals surface area contributed by atoms with Gasteiger partial charge in [0.1, 0.15) is 5.69 Å². The SMILES string of the molecule is O=C(c1ccc[nH]1)N1CCC(N2CCCC(C(=O)N3CCOCC3)C2)CC1.